The molecule has 1 amide bonds. The van der Waals surface area contributed by atoms with Gasteiger partial charge in [0.1, 0.15) is 11.4 Å². The molecular weight excluding hydrogens is 350 g/mol. The topological polar surface area (TPSA) is 63.2 Å². The van der Waals surface area contributed by atoms with E-state index in [9.17, 15) is 4.79 Å². The molecule has 2 aromatic carbocycles. The molecule has 1 aromatic heterocycles. The van der Waals surface area contributed by atoms with Crippen molar-refractivity contribution in [3.05, 3.63) is 77.1 Å². The molecule has 0 saturated carbocycles. The summed E-state index contributed by atoms with van der Waals surface area (Å²) < 4.78 is 5.21. The second-order valence-electron chi connectivity index (χ2n) is 5.65. The van der Waals surface area contributed by atoms with Gasteiger partial charge in [-0.25, -0.2) is 0 Å². The zero-order valence-electron chi connectivity index (χ0n) is 14.4. The number of methoxy groups -OCH3 is 1. The van der Waals surface area contributed by atoms with Gasteiger partial charge in [-0.15, -0.1) is 0 Å². The Morgan fingerprint density at radius 2 is 1.85 bits per heavy atom. The Morgan fingerprint density at radius 1 is 1.08 bits per heavy atom. The van der Waals surface area contributed by atoms with Crippen molar-refractivity contribution in [3.63, 3.8) is 0 Å². The summed E-state index contributed by atoms with van der Waals surface area (Å²) in [5, 5.41) is 6.68. The molecule has 0 radical (unpaired) electrons. The number of halogens is 1. The standard InChI is InChI=1S/C20H18ClN3O2/c1-13-17(21)7-4-8-18(13)24-20(25)19-12-15(9-10-22-19)23-14-5-3-6-16(11-14)26-2/h3-12H,1-2H3,(H,22,23)(H,24,25). The summed E-state index contributed by atoms with van der Waals surface area (Å²) in [6.07, 6.45) is 1.59. The normalized spacial score (nSPS) is 10.3. The largest absolute Gasteiger partial charge is 0.497 e. The number of hydrogen-bond acceptors (Lipinski definition) is 4. The van der Waals surface area contributed by atoms with E-state index in [0.29, 0.717) is 16.4 Å². The van der Waals surface area contributed by atoms with E-state index in [2.05, 4.69) is 15.6 Å². The van der Waals surface area contributed by atoms with Gasteiger partial charge in [0.2, 0.25) is 0 Å². The number of ether oxygens (including phenoxy) is 1. The predicted octanol–water partition coefficient (Wildman–Crippen LogP) is 5.05. The Labute approximate surface area is 157 Å². The molecule has 3 rings (SSSR count). The van der Waals surface area contributed by atoms with Crippen LogP contribution >= 0.6 is 11.6 Å². The first-order valence-electron chi connectivity index (χ1n) is 8.00. The van der Waals surface area contributed by atoms with Crippen LogP contribution in [0.5, 0.6) is 5.75 Å². The van der Waals surface area contributed by atoms with E-state index in [0.717, 1.165) is 22.7 Å². The fourth-order valence-corrected chi connectivity index (χ4v) is 2.60. The van der Waals surface area contributed by atoms with Gasteiger partial charge in [-0.05, 0) is 48.9 Å². The van der Waals surface area contributed by atoms with Crippen LogP contribution in [-0.2, 0) is 0 Å². The summed E-state index contributed by atoms with van der Waals surface area (Å²) >= 11 is 6.10. The van der Waals surface area contributed by atoms with Crippen molar-refractivity contribution in [1.29, 1.82) is 0 Å². The second-order valence-corrected chi connectivity index (χ2v) is 6.06. The van der Waals surface area contributed by atoms with Crippen LogP contribution in [0.25, 0.3) is 0 Å². The van der Waals surface area contributed by atoms with Gasteiger partial charge in [0.25, 0.3) is 5.91 Å². The molecule has 3 aromatic rings. The average Bonchev–Trinajstić information content (AvgIpc) is 2.66. The van der Waals surface area contributed by atoms with Crippen LogP contribution in [0.3, 0.4) is 0 Å². The molecule has 0 aliphatic carbocycles. The molecule has 26 heavy (non-hydrogen) atoms. The molecule has 5 nitrogen and oxygen atoms in total. The van der Waals surface area contributed by atoms with Crippen molar-refractivity contribution in [2.45, 2.75) is 6.92 Å². The lowest BCUT2D eigenvalue weighted by Gasteiger charge is -2.11. The molecule has 0 spiro atoms. The summed E-state index contributed by atoms with van der Waals surface area (Å²) in [6.45, 7) is 1.85. The number of nitrogens with zero attached hydrogens (tertiary/aromatic N) is 1. The third-order valence-electron chi connectivity index (χ3n) is 3.87. The lowest BCUT2D eigenvalue weighted by molar-refractivity contribution is 0.102. The predicted molar refractivity (Wildman–Crippen MR) is 105 cm³/mol. The van der Waals surface area contributed by atoms with Crippen LogP contribution < -0.4 is 15.4 Å². The minimum absolute atomic E-state index is 0.301. The number of anilines is 3. The number of hydrogen-bond donors (Lipinski definition) is 2. The Balaban J connectivity index is 1.78. The number of nitrogens with one attached hydrogen (secondary N) is 2. The molecule has 0 saturated heterocycles. The number of amides is 1. The van der Waals surface area contributed by atoms with Gasteiger partial charge in [-0.2, -0.15) is 0 Å². The van der Waals surface area contributed by atoms with Gasteiger partial charge in [-0.1, -0.05) is 23.7 Å². The van der Waals surface area contributed by atoms with Crippen molar-refractivity contribution in [2.75, 3.05) is 17.7 Å². The van der Waals surface area contributed by atoms with Crippen LogP contribution in [0.15, 0.2) is 60.8 Å². The SMILES string of the molecule is COc1cccc(Nc2ccnc(C(=O)Nc3cccc(Cl)c3C)c2)c1. The summed E-state index contributed by atoms with van der Waals surface area (Å²) in [7, 11) is 1.62. The van der Waals surface area contributed by atoms with E-state index in [1.807, 2.05) is 31.2 Å². The maximum Gasteiger partial charge on any atom is 0.274 e. The molecule has 0 unspecified atom stereocenters. The Kier molecular flexibility index (Phi) is 5.39. The third-order valence-corrected chi connectivity index (χ3v) is 4.28. The highest BCUT2D eigenvalue weighted by molar-refractivity contribution is 6.31. The quantitative estimate of drug-likeness (QED) is 0.662. The summed E-state index contributed by atoms with van der Waals surface area (Å²) in [5.74, 6) is 0.447. The van der Waals surface area contributed by atoms with E-state index in [1.165, 1.54) is 0 Å². The Hall–Kier alpha value is -3.05. The lowest BCUT2D eigenvalue weighted by atomic mass is 10.2. The number of benzene rings is 2. The third kappa shape index (κ3) is 4.13. The molecule has 0 aliphatic rings. The van der Waals surface area contributed by atoms with Crippen molar-refractivity contribution >= 4 is 34.6 Å². The van der Waals surface area contributed by atoms with Gasteiger partial charge in [-0.3, -0.25) is 9.78 Å². The molecule has 0 atom stereocenters. The van der Waals surface area contributed by atoms with E-state index in [-0.39, 0.29) is 5.91 Å². The minimum Gasteiger partial charge on any atom is -0.497 e. The highest BCUT2D eigenvalue weighted by Gasteiger charge is 2.11. The van der Waals surface area contributed by atoms with Crippen molar-refractivity contribution in [2.24, 2.45) is 0 Å². The van der Waals surface area contributed by atoms with E-state index < -0.39 is 0 Å². The van der Waals surface area contributed by atoms with E-state index >= 15 is 0 Å². The van der Waals surface area contributed by atoms with Gasteiger partial charge < -0.3 is 15.4 Å². The molecule has 132 valence electrons. The van der Waals surface area contributed by atoms with Crippen LogP contribution in [0.1, 0.15) is 16.1 Å². The van der Waals surface area contributed by atoms with Gasteiger partial charge in [0.05, 0.1) is 7.11 Å². The van der Waals surface area contributed by atoms with Crippen molar-refractivity contribution in [3.8, 4) is 5.75 Å². The summed E-state index contributed by atoms with van der Waals surface area (Å²) in [6, 6.07) is 16.4. The zero-order valence-corrected chi connectivity index (χ0v) is 15.2. The monoisotopic (exact) mass is 367 g/mol. The lowest BCUT2D eigenvalue weighted by Crippen LogP contribution is -2.14. The molecule has 6 heteroatoms. The summed E-state index contributed by atoms with van der Waals surface area (Å²) in [4.78, 5) is 16.7. The van der Waals surface area contributed by atoms with Gasteiger partial charge >= 0.3 is 0 Å². The molecule has 1 heterocycles. The number of carbonyl (C=O) groups is 1. The number of aromatic nitrogens is 1. The fraction of sp³-hybridized carbons (Fsp3) is 0.100. The first-order valence-corrected chi connectivity index (χ1v) is 8.38. The maximum absolute atomic E-state index is 12.5. The van der Waals surface area contributed by atoms with Gasteiger partial charge in [0.15, 0.2) is 0 Å². The highest BCUT2D eigenvalue weighted by atomic mass is 35.5. The summed E-state index contributed by atoms with van der Waals surface area (Å²) in [5.41, 5.74) is 3.38. The molecular formula is C20H18ClN3O2. The zero-order chi connectivity index (χ0) is 18.5. The van der Waals surface area contributed by atoms with Crippen LogP contribution in [-0.4, -0.2) is 18.0 Å². The molecule has 0 bridgehead atoms. The van der Waals surface area contributed by atoms with E-state index in [4.69, 9.17) is 16.3 Å². The number of pyridine rings is 1. The molecule has 0 aliphatic heterocycles. The first kappa shape index (κ1) is 17.8. The second kappa shape index (κ2) is 7.89. The highest BCUT2D eigenvalue weighted by Crippen LogP contribution is 2.24. The van der Waals surface area contributed by atoms with E-state index in [1.54, 1.807) is 43.6 Å². The smallest absolute Gasteiger partial charge is 0.274 e. The van der Waals surface area contributed by atoms with Crippen molar-refractivity contribution < 1.29 is 9.53 Å². The fourth-order valence-electron chi connectivity index (χ4n) is 2.43. The maximum atomic E-state index is 12.5. The minimum atomic E-state index is -0.301. The van der Waals surface area contributed by atoms with Crippen LogP contribution in [0, 0.1) is 6.92 Å². The van der Waals surface area contributed by atoms with Gasteiger partial charge in [0, 0.05) is 34.3 Å². The van der Waals surface area contributed by atoms with Crippen LogP contribution in [0.4, 0.5) is 17.1 Å². The molecule has 0 fully saturated rings. The van der Waals surface area contributed by atoms with Crippen molar-refractivity contribution in [1.82, 2.24) is 4.98 Å². The first-order chi connectivity index (χ1) is 12.6. The van der Waals surface area contributed by atoms with Crippen LogP contribution in [0.2, 0.25) is 5.02 Å². The number of carbonyl (C=O) groups excluding carboxylic acids is 1. The molecule has 2 N–H and O–H groups in total. The Morgan fingerprint density at radius 3 is 2.65 bits per heavy atom. The Bertz CT molecular complexity index is 944. The number of rotatable bonds is 5. The average molecular weight is 368 g/mol.